The zero-order valence-corrected chi connectivity index (χ0v) is 9.83. The topological polar surface area (TPSA) is 64.1 Å². The first-order chi connectivity index (χ1) is 7.72. The molecule has 6 heteroatoms. The molecule has 0 saturated heterocycles. The lowest BCUT2D eigenvalue weighted by atomic mass is 10.4. The highest BCUT2D eigenvalue weighted by atomic mass is 35.5. The van der Waals surface area contributed by atoms with Crippen LogP contribution in [0.1, 0.15) is 19.8 Å². The molecule has 1 amide bonds. The van der Waals surface area contributed by atoms with E-state index in [9.17, 15) is 4.79 Å². The normalized spacial score (nSPS) is 10.1. The molecule has 1 rings (SSSR count). The van der Waals surface area contributed by atoms with Crippen LogP contribution in [0.4, 0.5) is 5.82 Å². The number of carbonyl (C=O) groups excluding carboxylic acids is 1. The van der Waals surface area contributed by atoms with Gasteiger partial charge in [0.05, 0.1) is 13.0 Å². The van der Waals surface area contributed by atoms with Gasteiger partial charge in [-0.15, -0.1) is 0 Å². The maximum atomic E-state index is 11.4. The van der Waals surface area contributed by atoms with Gasteiger partial charge in [0.2, 0.25) is 11.2 Å². The van der Waals surface area contributed by atoms with Crippen molar-refractivity contribution in [2.45, 2.75) is 19.8 Å². The third-order valence-electron chi connectivity index (χ3n) is 1.72. The molecule has 1 heterocycles. The molecule has 0 unspecified atom stereocenters. The van der Waals surface area contributed by atoms with Crippen LogP contribution in [0, 0.1) is 0 Å². The molecule has 88 valence electrons. The van der Waals surface area contributed by atoms with E-state index in [0.29, 0.717) is 25.5 Å². The van der Waals surface area contributed by atoms with Crippen molar-refractivity contribution in [3.63, 3.8) is 0 Å². The fourth-order valence-electron chi connectivity index (χ4n) is 1.02. The van der Waals surface area contributed by atoms with Crippen LogP contribution in [0.5, 0.6) is 0 Å². The van der Waals surface area contributed by atoms with Crippen LogP contribution >= 0.6 is 11.6 Å². The van der Waals surface area contributed by atoms with Gasteiger partial charge < -0.3 is 10.1 Å². The van der Waals surface area contributed by atoms with Crippen LogP contribution < -0.4 is 5.32 Å². The highest BCUT2D eigenvalue weighted by molar-refractivity contribution is 6.28. The first-order valence-electron chi connectivity index (χ1n) is 5.08. The highest BCUT2D eigenvalue weighted by Gasteiger charge is 2.03. The molecule has 1 aromatic rings. The molecule has 16 heavy (non-hydrogen) atoms. The molecule has 0 aliphatic rings. The summed E-state index contributed by atoms with van der Waals surface area (Å²) in [5, 5.41) is 2.72. The molecule has 1 N–H and O–H groups in total. The summed E-state index contributed by atoms with van der Waals surface area (Å²) in [5.41, 5.74) is 0. The maximum absolute atomic E-state index is 11.4. The van der Waals surface area contributed by atoms with Crippen LogP contribution in [-0.4, -0.2) is 29.1 Å². The van der Waals surface area contributed by atoms with Crippen molar-refractivity contribution < 1.29 is 9.53 Å². The van der Waals surface area contributed by atoms with E-state index in [1.807, 2.05) is 6.92 Å². The van der Waals surface area contributed by atoms with E-state index in [0.717, 1.165) is 6.42 Å². The van der Waals surface area contributed by atoms with Gasteiger partial charge >= 0.3 is 0 Å². The Labute approximate surface area is 99.2 Å². The molecule has 0 aliphatic heterocycles. The van der Waals surface area contributed by atoms with Gasteiger partial charge in [0.15, 0.2) is 0 Å². The Morgan fingerprint density at radius 1 is 1.56 bits per heavy atom. The van der Waals surface area contributed by atoms with Gasteiger partial charge in [-0.05, 0) is 24.1 Å². The second-order valence-electron chi connectivity index (χ2n) is 3.12. The largest absolute Gasteiger partial charge is 0.381 e. The molecule has 0 atom stereocenters. The number of aromatic nitrogens is 2. The molecule has 0 aliphatic carbocycles. The van der Waals surface area contributed by atoms with E-state index >= 15 is 0 Å². The minimum atomic E-state index is -0.147. The standard InChI is InChI=1S/C10H14ClN3O2/c1-2-6-16-7-4-9(15)13-8-3-5-12-10(11)14-8/h3,5H,2,4,6-7H2,1H3,(H,12,13,14,15). The van der Waals surface area contributed by atoms with Crippen LogP contribution in [0.15, 0.2) is 12.3 Å². The summed E-state index contributed by atoms with van der Waals surface area (Å²) in [6, 6.07) is 1.58. The minimum Gasteiger partial charge on any atom is -0.381 e. The SMILES string of the molecule is CCCOCCC(=O)Nc1ccnc(Cl)n1. The van der Waals surface area contributed by atoms with E-state index in [-0.39, 0.29) is 11.2 Å². The molecule has 5 nitrogen and oxygen atoms in total. The van der Waals surface area contributed by atoms with Crippen LogP contribution in [0.25, 0.3) is 0 Å². The van der Waals surface area contributed by atoms with Crippen LogP contribution in [-0.2, 0) is 9.53 Å². The summed E-state index contributed by atoms with van der Waals surface area (Å²) in [5.74, 6) is 0.256. The monoisotopic (exact) mass is 243 g/mol. The Kier molecular flexibility index (Phi) is 5.74. The minimum absolute atomic E-state index is 0.111. The second-order valence-corrected chi connectivity index (χ2v) is 3.46. The quantitative estimate of drug-likeness (QED) is 0.612. The summed E-state index contributed by atoms with van der Waals surface area (Å²) in [4.78, 5) is 18.9. The number of nitrogens with zero attached hydrogens (tertiary/aromatic N) is 2. The molecular formula is C10H14ClN3O2. The maximum Gasteiger partial charge on any atom is 0.227 e. The Hall–Kier alpha value is -1.20. The van der Waals surface area contributed by atoms with E-state index in [4.69, 9.17) is 16.3 Å². The summed E-state index contributed by atoms with van der Waals surface area (Å²) >= 11 is 5.58. The molecular weight excluding hydrogens is 230 g/mol. The van der Waals surface area contributed by atoms with Crippen LogP contribution in [0.2, 0.25) is 5.28 Å². The number of halogens is 1. The zero-order chi connectivity index (χ0) is 11.8. The highest BCUT2D eigenvalue weighted by Crippen LogP contribution is 2.05. The molecule has 0 saturated carbocycles. The lowest BCUT2D eigenvalue weighted by molar-refractivity contribution is -0.117. The lowest BCUT2D eigenvalue weighted by Gasteiger charge is -2.04. The predicted octanol–water partition coefficient (Wildman–Crippen LogP) is 1.89. The number of carbonyl (C=O) groups is 1. The van der Waals surface area contributed by atoms with Crippen molar-refractivity contribution in [1.29, 1.82) is 0 Å². The van der Waals surface area contributed by atoms with E-state index in [2.05, 4.69) is 15.3 Å². The van der Waals surface area contributed by atoms with Crippen molar-refractivity contribution in [2.24, 2.45) is 0 Å². The zero-order valence-electron chi connectivity index (χ0n) is 9.07. The molecule has 0 radical (unpaired) electrons. The lowest BCUT2D eigenvalue weighted by Crippen LogP contribution is -2.15. The van der Waals surface area contributed by atoms with E-state index in [1.165, 1.54) is 6.20 Å². The van der Waals surface area contributed by atoms with Gasteiger partial charge in [0.1, 0.15) is 5.82 Å². The number of nitrogens with one attached hydrogen (secondary N) is 1. The predicted molar refractivity (Wildman–Crippen MR) is 61.4 cm³/mol. The van der Waals surface area contributed by atoms with Crippen molar-refractivity contribution >= 4 is 23.3 Å². The van der Waals surface area contributed by atoms with Crippen molar-refractivity contribution in [1.82, 2.24) is 9.97 Å². The molecule has 0 fully saturated rings. The van der Waals surface area contributed by atoms with Crippen molar-refractivity contribution in [3.05, 3.63) is 17.5 Å². The van der Waals surface area contributed by atoms with Crippen LogP contribution in [0.3, 0.4) is 0 Å². The summed E-state index contributed by atoms with van der Waals surface area (Å²) in [6.07, 6.45) is 2.74. The summed E-state index contributed by atoms with van der Waals surface area (Å²) < 4.78 is 5.20. The molecule has 0 bridgehead atoms. The Bertz CT molecular complexity index is 347. The molecule has 1 aromatic heterocycles. The fourth-order valence-corrected chi connectivity index (χ4v) is 1.17. The van der Waals surface area contributed by atoms with Gasteiger partial charge in [0.25, 0.3) is 0 Å². The first-order valence-corrected chi connectivity index (χ1v) is 5.46. The number of amides is 1. The molecule has 0 aromatic carbocycles. The average molecular weight is 244 g/mol. The Morgan fingerprint density at radius 3 is 3.06 bits per heavy atom. The number of hydrogen-bond acceptors (Lipinski definition) is 4. The van der Waals surface area contributed by atoms with Crippen molar-refractivity contribution in [3.8, 4) is 0 Å². The number of ether oxygens (including phenoxy) is 1. The van der Waals surface area contributed by atoms with Crippen molar-refractivity contribution in [2.75, 3.05) is 18.5 Å². The van der Waals surface area contributed by atoms with E-state index in [1.54, 1.807) is 6.07 Å². The number of anilines is 1. The fraction of sp³-hybridized carbons (Fsp3) is 0.500. The smallest absolute Gasteiger partial charge is 0.227 e. The summed E-state index contributed by atoms with van der Waals surface area (Å²) in [7, 11) is 0. The average Bonchev–Trinajstić information content (AvgIpc) is 2.24. The van der Waals surface area contributed by atoms with Gasteiger partial charge in [-0.25, -0.2) is 9.97 Å². The third-order valence-corrected chi connectivity index (χ3v) is 1.90. The van der Waals surface area contributed by atoms with Gasteiger partial charge in [-0.3, -0.25) is 4.79 Å². The van der Waals surface area contributed by atoms with Gasteiger partial charge in [-0.2, -0.15) is 0 Å². The second kappa shape index (κ2) is 7.14. The van der Waals surface area contributed by atoms with Gasteiger partial charge in [0, 0.05) is 12.8 Å². The summed E-state index contributed by atoms with van der Waals surface area (Å²) in [6.45, 7) is 3.11. The van der Waals surface area contributed by atoms with E-state index < -0.39 is 0 Å². The number of hydrogen-bond donors (Lipinski definition) is 1. The Morgan fingerprint density at radius 2 is 2.38 bits per heavy atom. The first kappa shape index (κ1) is 12.9. The molecule has 0 spiro atoms. The van der Waals surface area contributed by atoms with Gasteiger partial charge in [-0.1, -0.05) is 6.92 Å². The third kappa shape index (κ3) is 5.04. The number of rotatable bonds is 6. The Balaban J connectivity index is 2.29.